The molecule has 1 aromatic rings. The van der Waals surface area contributed by atoms with Gasteiger partial charge in [-0.25, -0.2) is 4.98 Å². The van der Waals surface area contributed by atoms with Crippen LogP contribution in [0.2, 0.25) is 0 Å². The highest BCUT2D eigenvalue weighted by atomic mass is 79.9. The zero-order valence-corrected chi connectivity index (χ0v) is 9.39. The molecule has 0 saturated carbocycles. The molecule has 0 saturated heterocycles. The number of rotatable bonds is 2. The minimum absolute atomic E-state index is 0.0522. The maximum atomic E-state index is 12.0. The first-order valence-corrected chi connectivity index (χ1v) is 4.57. The zero-order chi connectivity index (χ0) is 12.3. The Labute approximate surface area is 96.7 Å². The standard InChI is InChI=1S/C8H4BrF3N2O2/c1-15-5-2-6(9)14-7(4(5)3-13)16-8(10,11)12/h2H,1H3. The molecule has 4 nitrogen and oxygen atoms in total. The Morgan fingerprint density at radius 3 is 2.56 bits per heavy atom. The third-order valence-electron chi connectivity index (χ3n) is 1.46. The SMILES string of the molecule is COc1cc(Br)nc(OC(F)(F)F)c1C#N. The molecule has 86 valence electrons. The molecular formula is C8H4BrF3N2O2. The van der Waals surface area contributed by atoms with E-state index in [0.717, 1.165) is 0 Å². The predicted octanol–water partition coefficient (Wildman–Crippen LogP) is 2.62. The quantitative estimate of drug-likeness (QED) is 0.787. The molecule has 0 fully saturated rings. The summed E-state index contributed by atoms with van der Waals surface area (Å²) in [6, 6.07) is 2.80. The van der Waals surface area contributed by atoms with Crippen LogP contribution in [0.4, 0.5) is 13.2 Å². The number of alkyl halides is 3. The van der Waals surface area contributed by atoms with Crippen LogP contribution in [0.5, 0.6) is 11.6 Å². The largest absolute Gasteiger partial charge is 0.574 e. The Balaban J connectivity index is 3.27. The highest BCUT2D eigenvalue weighted by Gasteiger charge is 2.34. The second-order valence-electron chi connectivity index (χ2n) is 2.49. The number of pyridine rings is 1. The van der Waals surface area contributed by atoms with Gasteiger partial charge in [-0.3, -0.25) is 0 Å². The molecule has 1 rings (SSSR count). The molecule has 0 aliphatic heterocycles. The molecule has 0 atom stereocenters. The minimum Gasteiger partial charge on any atom is -0.495 e. The van der Waals surface area contributed by atoms with Crippen molar-refractivity contribution in [3.05, 3.63) is 16.2 Å². The van der Waals surface area contributed by atoms with Gasteiger partial charge in [0.1, 0.15) is 16.4 Å². The summed E-state index contributed by atoms with van der Waals surface area (Å²) in [7, 11) is 1.22. The van der Waals surface area contributed by atoms with Gasteiger partial charge in [0, 0.05) is 6.07 Å². The summed E-state index contributed by atoms with van der Waals surface area (Å²) in [5.41, 5.74) is -0.414. The van der Waals surface area contributed by atoms with E-state index in [-0.39, 0.29) is 10.4 Å². The monoisotopic (exact) mass is 296 g/mol. The Bertz CT molecular complexity index is 442. The van der Waals surface area contributed by atoms with E-state index in [1.165, 1.54) is 19.2 Å². The molecule has 0 unspecified atom stereocenters. The first kappa shape index (κ1) is 12.6. The van der Waals surface area contributed by atoms with Crippen LogP contribution in [0.25, 0.3) is 0 Å². The maximum absolute atomic E-state index is 12.0. The Kier molecular flexibility index (Phi) is 3.59. The summed E-state index contributed by atoms with van der Waals surface area (Å²) in [4.78, 5) is 3.41. The van der Waals surface area contributed by atoms with Gasteiger partial charge in [0.15, 0.2) is 5.56 Å². The lowest BCUT2D eigenvalue weighted by molar-refractivity contribution is -0.276. The molecule has 0 bridgehead atoms. The van der Waals surface area contributed by atoms with Gasteiger partial charge >= 0.3 is 6.36 Å². The lowest BCUT2D eigenvalue weighted by atomic mass is 10.2. The molecule has 0 radical (unpaired) electrons. The van der Waals surface area contributed by atoms with Crippen molar-refractivity contribution in [3.63, 3.8) is 0 Å². The Hall–Kier alpha value is -1.49. The van der Waals surface area contributed by atoms with Crippen LogP contribution < -0.4 is 9.47 Å². The fraction of sp³-hybridized carbons (Fsp3) is 0.250. The number of methoxy groups -OCH3 is 1. The van der Waals surface area contributed by atoms with Crippen LogP contribution >= 0.6 is 15.9 Å². The van der Waals surface area contributed by atoms with Crippen molar-refractivity contribution < 1.29 is 22.6 Å². The van der Waals surface area contributed by atoms with E-state index in [0.29, 0.717) is 0 Å². The van der Waals surface area contributed by atoms with Gasteiger partial charge in [0.2, 0.25) is 5.88 Å². The first-order valence-electron chi connectivity index (χ1n) is 3.77. The van der Waals surface area contributed by atoms with E-state index in [1.807, 2.05) is 0 Å². The van der Waals surface area contributed by atoms with Gasteiger partial charge in [-0.2, -0.15) is 5.26 Å². The van der Waals surface area contributed by atoms with E-state index < -0.39 is 17.8 Å². The molecule has 1 heterocycles. The second kappa shape index (κ2) is 4.57. The lowest BCUT2D eigenvalue weighted by Crippen LogP contribution is -2.19. The molecule has 0 aromatic carbocycles. The number of nitriles is 1. The molecule has 0 aliphatic rings. The summed E-state index contributed by atoms with van der Waals surface area (Å²) in [5, 5.41) is 8.69. The molecule has 8 heteroatoms. The van der Waals surface area contributed by atoms with Crippen molar-refractivity contribution >= 4 is 15.9 Å². The van der Waals surface area contributed by atoms with Gasteiger partial charge in [-0.05, 0) is 15.9 Å². The van der Waals surface area contributed by atoms with Crippen molar-refractivity contribution in [2.24, 2.45) is 0 Å². The molecule has 1 aromatic heterocycles. The lowest BCUT2D eigenvalue weighted by Gasteiger charge is -2.11. The van der Waals surface area contributed by atoms with Crippen molar-refractivity contribution in [1.29, 1.82) is 5.26 Å². The molecule has 0 amide bonds. The normalized spacial score (nSPS) is 10.8. The van der Waals surface area contributed by atoms with Gasteiger partial charge in [-0.1, -0.05) is 0 Å². The number of nitrogens with zero attached hydrogens (tertiary/aromatic N) is 2. The van der Waals surface area contributed by atoms with Crippen LogP contribution in [-0.4, -0.2) is 18.5 Å². The van der Waals surface area contributed by atoms with Crippen molar-refractivity contribution in [2.45, 2.75) is 6.36 Å². The highest BCUT2D eigenvalue weighted by Crippen LogP contribution is 2.32. The van der Waals surface area contributed by atoms with Crippen LogP contribution in [-0.2, 0) is 0 Å². The number of hydrogen-bond acceptors (Lipinski definition) is 4. The van der Waals surface area contributed by atoms with E-state index in [4.69, 9.17) is 10.00 Å². The van der Waals surface area contributed by atoms with Crippen molar-refractivity contribution in [3.8, 4) is 17.7 Å². The number of aromatic nitrogens is 1. The fourth-order valence-corrected chi connectivity index (χ4v) is 1.29. The van der Waals surface area contributed by atoms with Crippen LogP contribution in [0.3, 0.4) is 0 Å². The van der Waals surface area contributed by atoms with Crippen LogP contribution in [0.1, 0.15) is 5.56 Å². The predicted molar refractivity (Wildman–Crippen MR) is 49.9 cm³/mol. The molecule has 0 N–H and O–H groups in total. The van der Waals surface area contributed by atoms with Gasteiger partial charge in [0.25, 0.3) is 0 Å². The smallest absolute Gasteiger partial charge is 0.495 e. The highest BCUT2D eigenvalue weighted by molar-refractivity contribution is 9.10. The Morgan fingerprint density at radius 1 is 1.50 bits per heavy atom. The van der Waals surface area contributed by atoms with E-state index in [1.54, 1.807) is 0 Å². The summed E-state index contributed by atoms with van der Waals surface area (Å²) in [6.45, 7) is 0. The number of halogens is 4. The zero-order valence-electron chi connectivity index (χ0n) is 7.80. The minimum atomic E-state index is -4.91. The summed E-state index contributed by atoms with van der Waals surface area (Å²) in [5.74, 6) is -0.898. The molecule has 16 heavy (non-hydrogen) atoms. The number of hydrogen-bond donors (Lipinski definition) is 0. The Morgan fingerprint density at radius 2 is 2.12 bits per heavy atom. The van der Waals surface area contributed by atoms with Crippen molar-refractivity contribution in [2.75, 3.05) is 7.11 Å². The summed E-state index contributed by atoms with van der Waals surface area (Å²) >= 11 is 2.88. The van der Waals surface area contributed by atoms with E-state index in [2.05, 4.69) is 25.7 Å². The maximum Gasteiger partial charge on any atom is 0.574 e. The topological polar surface area (TPSA) is 55.1 Å². The second-order valence-corrected chi connectivity index (χ2v) is 3.30. The van der Waals surface area contributed by atoms with Crippen LogP contribution in [0.15, 0.2) is 10.7 Å². The van der Waals surface area contributed by atoms with Gasteiger partial charge in [0.05, 0.1) is 7.11 Å². The van der Waals surface area contributed by atoms with Crippen LogP contribution in [0, 0.1) is 11.3 Å². The third kappa shape index (κ3) is 3.00. The fourth-order valence-electron chi connectivity index (χ4n) is 0.918. The van der Waals surface area contributed by atoms with Crippen molar-refractivity contribution in [1.82, 2.24) is 4.98 Å². The number of ether oxygens (including phenoxy) is 2. The third-order valence-corrected chi connectivity index (χ3v) is 1.87. The summed E-state index contributed by atoms with van der Waals surface area (Å²) < 4.78 is 44.4. The molecule has 0 aliphatic carbocycles. The van der Waals surface area contributed by atoms with E-state index >= 15 is 0 Å². The van der Waals surface area contributed by atoms with E-state index in [9.17, 15) is 13.2 Å². The summed E-state index contributed by atoms with van der Waals surface area (Å²) in [6.07, 6.45) is -4.91. The van der Waals surface area contributed by atoms with Gasteiger partial charge in [-0.15, -0.1) is 13.2 Å². The first-order chi connectivity index (χ1) is 7.37. The average molecular weight is 297 g/mol. The van der Waals surface area contributed by atoms with Gasteiger partial charge < -0.3 is 9.47 Å². The molecular weight excluding hydrogens is 293 g/mol. The molecule has 0 spiro atoms. The average Bonchev–Trinajstić information content (AvgIpc) is 2.14.